The molecule has 3 nitrogen and oxygen atoms in total. The summed E-state index contributed by atoms with van der Waals surface area (Å²) in [4.78, 5) is 0. The summed E-state index contributed by atoms with van der Waals surface area (Å²) in [5.74, 6) is 0. The largest absolute Gasteiger partial charge is 0.381 e. The molecule has 0 aliphatic carbocycles. The van der Waals surface area contributed by atoms with E-state index in [4.69, 9.17) is 5.11 Å². The number of hydrogen-bond donors (Lipinski definition) is 1. The molecule has 68 valence electrons. The standard InChI is InChI=1S/C7H10F2N2O/c1-2-11-5(3-4-10-11)6(12)7(8)9/h3-4,6-7,12H,2H2,1H3. The number of halogens is 2. The van der Waals surface area contributed by atoms with Crippen LogP contribution in [0, 0.1) is 0 Å². The number of hydrogen-bond acceptors (Lipinski definition) is 2. The number of aliphatic hydroxyl groups is 1. The molecule has 0 bridgehead atoms. The van der Waals surface area contributed by atoms with Crippen molar-refractivity contribution in [2.24, 2.45) is 0 Å². The van der Waals surface area contributed by atoms with Crippen LogP contribution in [0.5, 0.6) is 0 Å². The molecule has 0 aliphatic heterocycles. The monoisotopic (exact) mass is 176 g/mol. The highest BCUT2D eigenvalue weighted by molar-refractivity contribution is 5.05. The Morgan fingerprint density at radius 3 is 2.83 bits per heavy atom. The molecule has 1 N–H and O–H groups in total. The molecule has 0 fully saturated rings. The van der Waals surface area contributed by atoms with Crippen LogP contribution in [0.25, 0.3) is 0 Å². The van der Waals surface area contributed by atoms with Gasteiger partial charge in [0.2, 0.25) is 0 Å². The van der Waals surface area contributed by atoms with Gasteiger partial charge in [0.1, 0.15) is 0 Å². The number of aryl methyl sites for hydroxylation is 1. The Labute approximate surface area is 68.6 Å². The molecule has 1 atom stereocenters. The lowest BCUT2D eigenvalue weighted by Crippen LogP contribution is -2.14. The van der Waals surface area contributed by atoms with E-state index in [1.807, 2.05) is 0 Å². The second-order valence-electron chi connectivity index (χ2n) is 2.35. The zero-order valence-corrected chi connectivity index (χ0v) is 6.61. The second-order valence-corrected chi connectivity index (χ2v) is 2.35. The first-order valence-electron chi connectivity index (χ1n) is 3.64. The van der Waals surface area contributed by atoms with E-state index < -0.39 is 12.5 Å². The predicted molar refractivity (Wildman–Crippen MR) is 38.9 cm³/mol. The van der Waals surface area contributed by atoms with Gasteiger partial charge >= 0.3 is 0 Å². The number of alkyl halides is 2. The third kappa shape index (κ3) is 1.61. The van der Waals surface area contributed by atoms with E-state index in [-0.39, 0.29) is 5.69 Å². The fourth-order valence-electron chi connectivity index (χ4n) is 0.987. The van der Waals surface area contributed by atoms with E-state index in [1.165, 1.54) is 16.9 Å². The second kappa shape index (κ2) is 3.62. The minimum atomic E-state index is -2.76. The van der Waals surface area contributed by atoms with E-state index in [0.717, 1.165) is 0 Å². The van der Waals surface area contributed by atoms with Gasteiger partial charge < -0.3 is 5.11 Å². The minimum absolute atomic E-state index is 0.160. The van der Waals surface area contributed by atoms with Crippen LogP contribution < -0.4 is 0 Å². The molecule has 1 unspecified atom stereocenters. The molecular formula is C7H10F2N2O. The normalized spacial score (nSPS) is 13.8. The van der Waals surface area contributed by atoms with Crippen LogP contribution in [-0.4, -0.2) is 21.3 Å². The van der Waals surface area contributed by atoms with Gasteiger partial charge in [-0.25, -0.2) is 8.78 Å². The van der Waals surface area contributed by atoms with E-state index >= 15 is 0 Å². The third-order valence-corrected chi connectivity index (χ3v) is 1.59. The quantitative estimate of drug-likeness (QED) is 0.751. The summed E-state index contributed by atoms with van der Waals surface area (Å²) in [6.07, 6.45) is -3.09. The first-order valence-corrected chi connectivity index (χ1v) is 3.64. The molecule has 1 heterocycles. The van der Waals surface area contributed by atoms with Crippen molar-refractivity contribution in [2.75, 3.05) is 0 Å². The van der Waals surface area contributed by atoms with Crippen molar-refractivity contribution in [3.8, 4) is 0 Å². The van der Waals surface area contributed by atoms with Gasteiger partial charge in [-0.3, -0.25) is 4.68 Å². The summed E-state index contributed by atoms with van der Waals surface area (Å²) in [5.41, 5.74) is 0.160. The molecule has 0 saturated heterocycles. The fraction of sp³-hybridized carbons (Fsp3) is 0.571. The average molecular weight is 176 g/mol. The number of aliphatic hydroxyl groups excluding tert-OH is 1. The Kier molecular flexibility index (Phi) is 2.75. The Bertz CT molecular complexity index is 249. The molecule has 1 aromatic heterocycles. The lowest BCUT2D eigenvalue weighted by atomic mass is 10.2. The van der Waals surface area contributed by atoms with Gasteiger partial charge in [-0.05, 0) is 13.0 Å². The number of nitrogens with zero attached hydrogens (tertiary/aromatic N) is 2. The minimum Gasteiger partial charge on any atom is -0.381 e. The molecule has 0 radical (unpaired) electrons. The zero-order chi connectivity index (χ0) is 9.14. The highest BCUT2D eigenvalue weighted by atomic mass is 19.3. The van der Waals surface area contributed by atoms with Crippen molar-refractivity contribution in [1.29, 1.82) is 0 Å². The summed E-state index contributed by atoms with van der Waals surface area (Å²) >= 11 is 0. The van der Waals surface area contributed by atoms with E-state index in [2.05, 4.69) is 5.10 Å². The van der Waals surface area contributed by atoms with Crippen molar-refractivity contribution in [3.05, 3.63) is 18.0 Å². The van der Waals surface area contributed by atoms with Crippen LogP contribution >= 0.6 is 0 Å². The van der Waals surface area contributed by atoms with Crippen molar-refractivity contribution >= 4 is 0 Å². The maximum Gasteiger partial charge on any atom is 0.269 e. The first-order chi connectivity index (χ1) is 5.66. The van der Waals surface area contributed by atoms with Crippen LogP contribution in [0.4, 0.5) is 8.78 Å². The molecular weight excluding hydrogens is 166 g/mol. The summed E-state index contributed by atoms with van der Waals surface area (Å²) < 4.78 is 25.4. The zero-order valence-electron chi connectivity index (χ0n) is 6.61. The SMILES string of the molecule is CCn1nccc1C(O)C(F)F. The van der Waals surface area contributed by atoms with Crippen molar-refractivity contribution in [1.82, 2.24) is 9.78 Å². The van der Waals surface area contributed by atoms with Crippen LogP contribution in [-0.2, 0) is 6.54 Å². The summed E-state index contributed by atoms with van der Waals surface area (Å²) in [7, 11) is 0. The van der Waals surface area contributed by atoms with Gasteiger partial charge in [0.05, 0.1) is 5.69 Å². The van der Waals surface area contributed by atoms with Crippen molar-refractivity contribution in [2.45, 2.75) is 26.0 Å². The summed E-state index contributed by atoms with van der Waals surface area (Å²) in [6.45, 7) is 2.25. The number of aromatic nitrogens is 2. The molecule has 12 heavy (non-hydrogen) atoms. The van der Waals surface area contributed by atoms with Crippen LogP contribution in [0.2, 0.25) is 0 Å². The van der Waals surface area contributed by atoms with Gasteiger partial charge in [-0.2, -0.15) is 5.10 Å². The number of rotatable bonds is 3. The van der Waals surface area contributed by atoms with Gasteiger partial charge in [-0.15, -0.1) is 0 Å². The third-order valence-electron chi connectivity index (χ3n) is 1.59. The van der Waals surface area contributed by atoms with E-state index in [1.54, 1.807) is 6.92 Å². The first kappa shape index (κ1) is 9.12. The lowest BCUT2D eigenvalue weighted by molar-refractivity contribution is -0.0107. The van der Waals surface area contributed by atoms with Gasteiger partial charge in [0, 0.05) is 12.7 Å². The summed E-state index contributed by atoms with van der Waals surface area (Å²) in [6, 6.07) is 1.39. The molecule has 0 aliphatic rings. The molecule has 5 heteroatoms. The predicted octanol–water partition coefficient (Wildman–Crippen LogP) is 1.20. The van der Waals surface area contributed by atoms with Crippen LogP contribution in [0.3, 0.4) is 0 Å². The van der Waals surface area contributed by atoms with Gasteiger partial charge in [0.15, 0.2) is 6.10 Å². The van der Waals surface area contributed by atoms with Crippen LogP contribution in [0.1, 0.15) is 18.7 Å². The lowest BCUT2D eigenvalue weighted by Gasteiger charge is -2.10. The highest BCUT2D eigenvalue weighted by Crippen LogP contribution is 2.19. The Hall–Kier alpha value is -0.970. The molecule has 1 rings (SSSR count). The Morgan fingerprint density at radius 2 is 2.33 bits per heavy atom. The van der Waals surface area contributed by atoms with Gasteiger partial charge in [-0.1, -0.05) is 0 Å². The molecule has 0 amide bonds. The van der Waals surface area contributed by atoms with E-state index in [9.17, 15) is 8.78 Å². The molecule has 1 aromatic rings. The van der Waals surface area contributed by atoms with Crippen LogP contribution in [0.15, 0.2) is 12.3 Å². The van der Waals surface area contributed by atoms with E-state index in [0.29, 0.717) is 6.54 Å². The van der Waals surface area contributed by atoms with Crippen molar-refractivity contribution in [3.63, 3.8) is 0 Å². The maximum atomic E-state index is 12.0. The smallest absolute Gasteiger partial charge is 0.269 e. The molecule has 0 saturated carbocycles. The molecule has 0 aromatic carbocycles. The topological polar surface area (TPSA) is 38.0 Å². The Morgan fingerprint density at radius 1 is 1.67 bits per heavy atom. The van der Waals surface area contributed by atoms with Gasteiger partial charge in [0.25, 0.3) is 6.43 Å². The fourth-order valence-corrected chi connectivity index (χ4v) is 0.987. The van der Waals surface area contributed by atoms with Crippen molar-refractivity contribution < 1.29 is 13.9 Å². The highest BCUT2D eigenvalue weighted by Gasteiger charge is 2.22. The molecule has 0 spiro atoms. The average Bonchev–Trinajstić information content (AvgIpc) is 2.49. The summed E-state index contributed by atoms with van der Waals surface area (Å²) in [5, 5.41) is 12.7. The maximum absolute atomic E-state index is 12.0. The Balaban J connectivity index is 2.86.